The van der Waals surface area contributed by atoms with E-state index in [2.05, 4.69) is 16.8 Å². The molecule has 0 aromatic heterocycles. The van der Waals surface area contributed by atoms with Gasteiger partial charge >= 0.3 is 6.41 Å². The van der Waals surface area contributed by atoms with Crippen LogP contribution in [0.3, 0.4) is 0 Å². The predicted octanol–water partition coefficient (Wildman–Crippen LogP) is -0.235. The fraction of sp³-hybridized carbons (Fsp3) is 0.909. The molecule has 0 aromatic carbocycles. The van der Waals surface area contributed by atoms with Gasteiger partial charge in [-0.25, -0.2) is 0 Å². The van der Waals surface area contributed by atoms with Crippen LogP contribution in [0.25, 0.3) is 0 Å². The van der Waals surface area contributed by atoms with E-state index in [-0.39, 0.29) is 0 Å². The summed E-state index contributed by atoms with van der Waals surface area (Å²) in [6.45, 7) is 6.51. The Bertz CT molecular complexity index is 206. The highest BCUT2D eigenvalue weighted by Gasteiger charge is 2.26. The SMILES string of the molecule is CN1CCN(C2CCN([C]=O)CC2)CC1. The van der Waals surface area contributed by atoms with Gasteiger partial charge in [0.2, 0.25) is 0 Å². The van der Waals surface area contributed by atoms with Gasteiger partial charge in [-0.15, -0.1) is 0 Å². The summed E-state index contributed by atoms with van der Waals surface area (Å²) in [5, 5.41) is 0. The van der Waals surface area contributed by atoms with Gasteiger partial charge < -0.3 is 9.80 Å². The van der Waals surface area contributed by atoms with Crippen LogP contribution in [0, 0.1) is 0 Å². The second kappa shape index (κ2) is 4.94. The molecule has 4 heteroatoms. The minimum absolute atomic E-state index is 0.697. The largest absolute Gasteiger partial charge is 0.334 e. The Morgan fingerprint density at radius 3 is 2.13 bits per heavy atom. The zero-order valence-electron chi connectivity index (χ0n) is 9.48. The summed E-state index contributed by atoms with van der Waals surface area (Å²) in [6.07, 6.45) is 4.24. The third kappa shape index (κ3) is 2.69. The molecule has 0 unspecified atom stereocenters. The van der Waals surface area contributed by atoms with Gasteiger partial charge in [-0.1, -0.05) is 0 Å². The van der Waals surface area contributed by atoms with Crippen LogP contribution in [0.15, 0.2) is 0 Å². The highest BCUT2D eigenvalue weighted by Crippen LogP contribution is 2.16. The molecule has 15 heavy (non-hydrogen) atoms. The van der Waals surface area contributed by atoms with E-state index in [0.29, 0.717) is 6.04 Å². The van der Waals surface area contributed by atoms with E-state index < -0.39 is 0 Å². The van der Waals surface area contributed by atoms with Crippen LogP contribution in [-0.2, 0) is 4.79 Å². The maximum atomic E-state index is 10.5. The van der Waals surface area contributed by atoms with E-state index >= 15 is 0 Å². The molecule has 2 aliphatic rings. The Kier molecular flexibility index (Phi) is 3.59. The summed E-state index contributed by atoms with van der Waals surface area (Å²) in [5.74, 6) is 0. The summed E-state index contributed by atoms with van der Waals surface area (Å²) in [4.78, 5) is 17.2. The first kappa shape index (κ1) is 10.9. The molecule has 1 radical (unpaired) electrons. The Hall–Kier alpha value is -0.610. The Balaban J connectivity index is 1.78. The van der Waals surface area contributed by atoms with Gasteiger partial charge in [0, 0.05) is 45.3 Å². The van der Waals surface area contributed by atoms with Crippen LogP contribution in [0.5, 0.6) is 0 Å². The van der Waals surface area contributed by atoms with E-state index in [4.69, 9.17) is 0 Å². The molecule has 2 aliphatic heterocycles. The monoisotopic (exact) mass is 210 g/mol. The maximum Gasteiger partial charge on any atom is 0.312 e. The number of rotatable bonds is 2. The van der Waals surface area contributed by atoms with Crippen LogP contribution in [-0.4, -0.2) is 73.5 Å². The third-order valence-electron chi connectivity index (χ3n) is 3.65. The second-order valence-corrected chi connectivity index (χ2v) is 4.65. The first-order valence-electron chi connectivity index (χ1n) is 5.85. The predicted molar refractivity (Wildman–Crippen MR) is 59.4 cm³/mol. The van der Waals surface area contributed by atoms with Gasteiger partial charge in [-0.2, -0.15) is 0 Å². The Labute approximate surface area is 91.8 Å². The van der Waals surface area contributed by atoms with Gasteiger partial charge in [0.1, 0.15) is 0 Å². The molecule has 0 atom stereocenters. The first-order valence-corrected chi connectivity index (χ1v) is 5.85. The topological polar surface area (TPSA) is 26.8 Å². The molecule has 0 aliphatic carbocycles. The average Bonchev–Trinajstić information content (AvgIpc) is 2.30. The van der Waals surface area contributed by atoms with Crippen molar-refractivity contribution in [2.24, 2.45) is 0 Å². The third-order valence-corrected chi connectivity index (χ3v) is 3.65. The highest BCUT2D eigenvalue weighted by atomic mass is 16.1. The molecular weight excluding hydrogens is 190 g/mol. The molecule has 4 nitrogen and oxygen atoms in total. The van der Waals surface area contributed by atoms with Crippen LogP contribution < -0.4 is 0 Å². The summed E-state index contributed by atoms with van der Waals surface area (Å²) >= 11 is 0. The van der Waals surface area contributed by atoms with E-state index in [1.54, 1.807) is 4.90 Å². The fourth-order valence-electron chi connectivity index (χ4n) is 2.51. The van der Waals surface area contributed by atoms with Crippen molar-refractivity contribution in [3.05, 3.63) is 0 Å². The summed E-state index contributed by atoms with van der Waals surface area (Å²) in [5.41, 5.74) is 0. The lowest BCUT2D eigenvalue weighted by Gasteiger charge is -2.41. The van der Waals surface area contributed by atoms with Crippen molar-refractivity contribution in [2.75, 3.05) is 46.3 Å². The molecule has 0 aromatic rings. The van der Waals surface area contributed by atoms with Gasteiger partial charge in [0.15, 0.2) is 0 Å². The number of piperidine rings is 1. The Morgan fingerprint density at radius 1 is 1.00 bits per heavy atom. The second-order valence-electron chi connectivity index (χ2n) is 4.65. The molecule has 2 saturated heterocycles. The number of hydrogen-bond donors (Lipinski definition) is 0. The fourth-order valence-corrected chi connectivity index (χ4v) is 2.51. The van der Waals surface area contributed by atoms with Crippen molar-refractivity contribution in [2.45, 2.75) is 18.9 Å². The minimum atomic E-state index is 0.697. The van der Waals surface area contributed by atoms with Crippen molar-refractivity contribution in [3.8, 4) is 0 Å². The lowest BCUT2D eigenvalue weighted by molar-refractivity contribution is 0.0813. The van der Waals surface area contributed by atoms with Gasteiger partial charge in [-0.3, -0.25) is 9.69 Å². The average molecular weight is 210 g/mol. The highest BCUT2D eigenvalue weighted by molar-refractivity contribution is 5.48. The van der Waals surface area contributed by atoms with Crippen molar-refractivity contribution in [3.63, 3.8) is 0 Å². The van der Waals surface area contributed by atoms with Crippen molar-refractivity contribution in [1.29, 1.82) is 0 Å². The number of nitrogens with zero attached hydrogens (tertiary/aromatic N) is 3. The molecule has 0 spiro atoms. The smallest absolute Gasteiger partial charge is 0.312 e. The maximum absolute atomic E-state index is 10.5. The number of hydrogen-bond acceptors (Lipinski definition) is 3. The zero-order valence-corrected chi connectivity index (χ0v) is 9.48. The van der Waals surface area contributed by atoms with Gasteiger partial charge in [0.05, 0.1) is 0 Å². The molecule has 2 rings (SSSR count). The number of amides is 1. The number of piperazine rings is 1. The quantitative estimate of drug-likeness (QED) is 0.630. The molecular formula is C11H20N3O. The van der Waals surface area contributed by atoms with Crippen LogP contribution in [0.4, 0.5) is 0 Å². The summed E-state index contributed by atoms with van der Waals surface area (Å²) < 4.78 is 0. The zero-order chi connectivity index (χ0) is 10.7. The molecule has 1 amide bonds. The number of likely N-dealkylation sites (tertiary alicyclic amines) is 1. The Morgan fingerprint density at radius 2 is 1.60 bits per heavy atom. The van der Waals surface area contributed by atoms with E-state index in [0.717, 1.165) is 25.9 Å². The minimum Gasteiger partial charge on any atom is -0.334 e. The standard InChI is InChI=1S/C11H20N3O/c1-12-6-8-14(9-7-12)11-2-4-13(10-15)5-3-11/h11H,2-9H2,1H3. The van der Waals surface area contributed by atoms with E-state index in [1.165, 1.54) is 26.2 Å². The lowest BCUT2D eigenvalue weighted by atomic mass is 10.0. The number of likely N-dealkylation sites (N-methyl/N-ethyl adjacent to an activating group) is 1. The van der Waals surface area contributed by atoms with Crippen LogP contribution in [0.2, 0.25) is 0 Å². The van der Waals surface area contributed by atoms with E-state index in [1.807, 2.05) is 6.41 Å². The molecule has 2 fully saturated rings. The molecule has 0 N–H and O–H groups in total. The van der Waals surface area contributed by atoms with E-state index in [9.17, 15) is 4.79 Å². The first-order chi connectivity index (χ1) is 7.29. The summed E-state index contributed by atoms with van der Waals surface area (Å²) in [7, 11) is 2.18. The molecule has 0 bridgehead atoms. The van der Waals surface area contributed by atoms with Crippen molar-refractivity contribution >= 4 is 6.41 Å². The van der Waals surface area contributed by atoms with Gasteiger partial charge in [0.25, 0.3) is 0 Å². The van der Waals surface area contributed by atoms with Crippen LogP contribution >= 0.6 is 0 Å². The molecule has 2 heterocycles. The molecule has 85 valence electrons. The lowest BCUT2D eigenvalue weighted by Crippen LogP contribution is -2.52. The van der Waals surface area contributed by atoms with Crippen molar-refractivity contribution < 1.29 is 4.79 Å². The van der Waals surface area contributed by atoms with Gasteiger partial charge in [-0.05, 0) is 19.9 Å². The normalized spacial score (nSPS) is 26.9. The van der Waals surface area contributed by atoms with Crippen molar-refractivity contribution in [1.82, 2.24) is 14.7 Å². The number of carbonyl (C=O) groups excluding carboxylic acids is 1. The summed E-state index contributed by atoms with van der Waals surface area (Å²) in [6, 6.07) is 0.697. The molecule has 0 saturated carbocycles. The van der Waals surface area contributed by atoms with Crippen LogP contribution in [0.1, 0.15) is 12.8 Å².